The van der Waals surface area contributed by atoms with Crippen molar-refractivity contribution in [1.82, 2.24) is 20.5 Å². The Morgan fingerprint density at radius 2 is 2.22 bits per heavy atom. The highest BCUT2D eigenvalue weighted by molar-refractivity contribution is 14.0. The van der Waals surface area contributed by atoms with E-state index in [-0.39, 0.29) is 42.5 Å². The second-order valence-corrected chi connectivity index (χ2v) is 6.49. The number of anilines is 1. The van der Waals surface area contributed by atoms with Gasteiger partial charge in [0.25, 0.3) is 0 Å². The number of carbonyl (C=O) groups is 1. The molecular weight excluding hydrogens is 459 g/mol. The van der Waals surface area contributed by atoms with Crippen molar-refractivity contribution in [3.05, 3.63) is 23.9 Å². The van der Waals surface area contributed by atoms with E-state index in [4.69, 9.17) is 4.74 Å². The van der Waals surface area contributed by atoms with Gasteiger partial charge in [-0.15, -0.1) is 24.0 Å². The van der Waals surface area contributed by atoms with E-state index >= 15 is 0 Å². The number of carbonyl (C=O) groups excluding carboxylic acids is 1. The summed E-state index contributed by atoms with van der Waals surface area (Å²) in [5.41, 5.74) is 1.07. The summed E-state index contributed by atoms with van der Waals surface area (Å²) in [5, 5.41) is 6.22. The number of nitrogens with one attached hydrogen (secondary N) is 2. The zero-order valence-electron chi connectivity index (χ0n) is 16.6. The van der Waals surface area contributed by atoms with Crippen LogP contribution >= 0.6 is 24.0 Å². The molecule has 0 saturated carbocycles. The predicted octanol–water partition coefficient (Wildman–Crippen LogP) is 1.07. The molecule has 2 N–H and O–H groups in total. The summed E-state index contributed by atoms with van der Waals surface area (Å²) in [6.45, 7) is 7.94. The molecule has 0 aliphatic carbocycles. The molecule has 0 radical (unpaired) electrons. The highest BCUT2D eigenvalue weighted by atomic mass is 127. The van der Waals surface area contributed by atoms with Gasteiger partial charge in [-0.2, -0.15) is 0 Å². The zero-order chi connectivity index (χ0) is 18.9. The molecule has 1 fully saturated rings. The Bertz CT molecular complexity index is 626. The van der Waals surface area contributed by atoms with Gasteiger partial charge in [0.1, 0.15) is 5.82 Å². The third kappa shape index (κ3) is 7.87. The predicted molar refractivity (Wildman–Crippen MR) is 119 cm³/mol. The molecule has 1 aromatic rings. The number of morpholine rings is 1. The van der Waals surface area contributed by atoms with Crippen LogP contribution in [0.25, 0.3) is 0 Å². The lowest BCUT2D eigenvalue weighted by atomic mass is 10.2. The molecule has 9 heteroatoms. The zero-order valence-corrected chi connectivity index (χ0v) is 18.9. The van der Waals surface area contributed by atoms with Crippen LogP contribution in [0.2, 0.25) is 0 Å². The van der Waals surface area contributed by atoms with Gasteiger partial charge in [0, 0.05) is 39.9 Å². The van der Waals surface area contributed by atoms with Gasteiger partial charge in [-0.25, -0.2) is 9.98 Å². The Hall–Kier alpha value is -1.62. The summed E-state index contributed by atoms with van der Waals surface area (Å²) >= 11 is 0. The Labute approximate surface area is 178 Å². The number of hydrogen-bond donors (Lipinski definition) is 2. The fourth-order valence-corrected chi connectivity index (χ4v) is 2.59. The molecule has 0 spiro atoms. The lowest BCUT2D eigenvalue weighted by Crippen LogP contribution is -2.42. The van der Waals surface area contributed by atoms with Crippen LogP contribution in [-0.4, -0.2) is 74.7 Å². The number of pyridine rings is 1. The first-order valence-electron chi connectivity index (χ1n) is 9.03. The normalized spacial score (nSPS) is 17.1. The standard InChI is InChI=1S/C18H30N6O2.HI/c1-5-19-18(22-12-17(25)23(3)4)21-11-15-6-7-20-16(10-15)24-8-9-26-14(2)13-24;/h6-7,10,14H,5,8-9,11-13H2,1-4H3,(H2,19,21,22);1H. The van der Waals surface area contributed by atoms with E-state index in [0.29, 0.717) is 12.5 Å². The van der Waals surface area contributed by atoms with Gasteiger partial charge < -0.3 is 25.2 Å². The van der Waals surface area contributed by atoms with Crippen molar-refractivity contribution in [2.75, 3.05) is 51.8 Å². The number of ether oxygens (including phenoxy) is 1. The van der Waals surface area contributed by atoms with Crippen LogP contribution in [0.4, 0.5) is 5.82 Å². The number of aromatic nitrogens is 1. The second-order valence-electron chi connectivity index (χ2n) is 6.49. The molecule has 0 aromatic carbocycles. The van der Waals surface area contributed by atoms with Crippen molar-refractivity contribution < 1.29 is 9.53 Å². The van der Waals surface area contributed by atoms with E-state index in [0.717, 1.165) is 37.6 Å². The van der Waals surface area contributed by atoms with Gasteiger partial charge in [0.2, 0.25) is 5.91 Å². The van der Waals surface area contributed by atoms with E-state index < -0.39 is 0 Å². The molecule has 1 unspecified atom stereocenters. The van der Waals surface area contributed by atoms with Gasteiger partial charge in [-0.05, 0) is 31.5 Å². The van der Waals surface area contributed by atoms with Crippen molar-refractivity contribution in [3.63, 3.8) is 0 Å². The minimum absolute atomic E-state index is 0. The monoisotopic (exact) mass is 490 g/mol. The highest BCUT2D eigenvalue weighted by Crippen LogP contribution is 2.16. The highest BCUT2D eigenvalue weighted by Gasteiger charge is 2.18. The SMILES string of the molecule is CCNC(=NCc1ccnc(N2CCOC(C)C2)c1)NCC(=O)N(C)C.I. The maximum Gasteiger partial charge on any atom is 0.241 e. The lowest BCUT2D eigenvalue weighted by Gasteiger charge is -2.32. The van der Waals surface area contributed by atoms with Crippen molar-refractivity contribution in [2.24, 2.45) is 4.99 Å². The van der Waals surface area contributed by atoms with Crippen LogP contribution in [0.3, 0.4) is 0 Å². The third-order valence-electron chi connectivity index (χ3n) is 4.04. The van der Waals surface area contributed by atoms with E-state index in [2.05, 4.69) is 38.5 Å². The molecule has 1 aliphatic rings. The molecule has 1 amide bonds. The van der Waals surface area contributed by atoms with E-state index in [1.165, 1.54) is 0 Å². The molecular formula is C18H31IN6O2. The van der Waals surface area contributed by atoms with Crippen LogP contribution in [-0.2, 0) is 16.1 Å². The first-order valence-corrected chi connectivity index (χ1v) is 9.03. The van der Waals surface area contributed by atoms with Gasteiger partial charge >= 0.3 is 0 Å². The van der Waals surface area contributed by atoms with Crippen molar-refractivity contribution in [1.29, 1.82) is 0 Å². The summed E-state index contributed by atoms with van der Waals surface area (Å²) in [6.07, 6.45) is 2.03. The number of likely N-dealkylation sites (N-methyl/N-ethyl adjacent to an activating group) is 1. The molecule has 1 aliphatic heterocycles. The summed E-state index contributed by atoms with van der Waals surface area (Å²) in [4.78, 5) is 24.6. The number of nitrogens with zero attached hydrogens (tertiary/aromatic N) is 4. The molecule has 27 heavy (non-hydrogen) atoms. The van der Waals surface area contributed by atoms with Gasteiger partial charge in [0.05, 0.1) is 25.8 Å². The Balaban J connectivity index is 0.00000364. The van der Waals surface area contributed by atoms with E-state index in [1.807, 2.05) is 19.2 Å². The molecule has 1 aromatic heterocycles. The van der Waals surface area contributed by atoms with Gasteiger partial charge in [-0.3, -0.25) is 4.79 Å². The van der Waals surface area contributed by atoms with Gasteiger partial charge in [-0.1, -0.05) is 0 Å². The summed E-state index contributed by atoms with van der Waals surface area (Å²) in [6, 6.07) is 4.03. The molecule has 152 valence electrons. The fraction of sp³-hybridized carbons (Fsp3) is 0.611. The molecule has 0 bridgehead atoms. The quantitative estimate of drug-likeness (QED) is 0.353. The number of rotatable bonds is 6. The first-order chi connectivity index (χ1) is 12.5. The molecule has 8 nitrogen and oxygen atoms in total. The number of halogens is 1. The smallest absolute Gasteiger partial charge is 0.241 e. The molecule has 1 saturated heterocycles. The number of amides is 1. The van der Waals surface area contributed by atoms with Crippen LogP contribution in [0.1, 0.15) is 19.4 Å². The average molecular weight is 490 g/mol. The minimum Gasteiger partial charge on any atom is -0.375 e. The van der Waals surface area contributed by atoms with Crippen molar-refractivity contribution >= 4 is 41.7 Å². The lowest BCUT2D eigenvalue weighted by molar-refractivity contribution is -0.127. The Kier molecular flexibility index (Phi) is 10.4. The van der Waals surface area contributed by atoms with Crippen LogP contribution in [0, 0.1) is 0 Å². The second kappa shape index (κ2) is 12.0. The topological polar surface area (TPSA) is 82.1 Å². The van der Waals surface area contributed by atoms with Crippen molar-refractivity contribution in [2.45, 2.75) is 26.5 Å². The molecule has 2 heterocycles. The largest absolute Gasteiger partial charge is 0.375 e. The maximum absolute atomic E-state index is 11.7. The van der Waals surface area contributed by atoms with Crippen LogP contribution < -0.4 is 15.5 Å². The first kappa shape index (κ1) is 23.4. The third-order valence-corrected chi connectivity index (χ3v) is 4.04. The Morgan fingerprint density at radius 3 is 2.89 bits per heavy atom. The minimum atomic E-state index is 0. The summed E-state index contributed by atoms with van der Waals surface area (Å²) < 4.78 is 5.59. The number of guanidine groups is 1. The van der Waals surface area contributed by atoms with Gasteiger partial charge in [0.15, 0.2) is 5.96 Å². The van der Waals surface area contributed by atoms with E-state index in [1.54, 1.807) is 19.0 Å². The van der Waals surface area contributed by atoms with Crippen LogP contribution in [0.15, 0.2) is 23.3 Å². The maximum atomic E-state index is 11.7. The van der Waals surface area contributed by atoms with Crippen molar-refractivity contribution in [3.8, 4) is 0 Å². The van der Waals surface area contributed by atoms with Crippen LogP contribution in [0.5, 0.6) is 0 Å². The Morgan fingerprint density at radius 1 is 1.44 bits per heavy atom. The average Bonchev–Trinajstić information content (AvgIpc) is 2.64. The molecule has 1 atom stereocenters. The number of hydrogen-bond acceptors (Lipinski definition) is 5. The number of aliphatic imine (C=N–C) groups is 1. The summed E-state index contributed by atoms with van der Waals surface area (Å²) in [5.74, 6) is 1.58. The van der Waals surface area contributed by atoms with E-state index in [9.17, 15) is 4.79 Å². The molecule has 2 rings (SSSR count). The fourth-order valence-electron chi connectivity index (χ4n) is 2.59. The summed E-state index contributed by atoms with van der Waals surface area (Å²) in [7, 11) is 3.47.